The smallest absolute Gasteiger partial charge is 0.253 e. The molecule has 0 aliphatic carbocycles. The van der Waals surface area contributed by atoms with Gasteiger partial charge in [0.05, 0.1) is 23.7 Å². The van der Waals surface area contributed by atoms with Crippen LogP contribution in [0.25, 0.3) is 0 Å². The lowest BCUT2D eigenvalue weighted by molar-refractivity contribution is -0.116. The summed E-state index contributed by atoms with van der Waals surface area (Å²) in [6, 6.07) is 9.86. The molecular formula is C15H17ClN2O4S2. The molecule has 6 nitrogen and oxygen atoms in total. The summed E-state index contributed by atoms with van der Waals surface area (Å²) < 4.78 is 31.9. The first kappa shape index (κ1) is 18.7. The van der Waals surface area contributed by atoms with E-state index in [1.165, 1.54) is 19.2 Å². The zero-order valence-corrected chi connectivity index (χ0v) is 15.5. The first-order valence-electron chi connectivity index (χ1n) is 7.06. The van der Waals surface area contributed by atoms with Gasteiger partial charge >= 0.3 is 0 Å². The molecule has 0 saturated carbocycles. The highest BCUT2D eigenvalue weighted by Gasteiger charge is 2.27. The largest absolute Gasteiger partial charge is 0.495 e. The van der Waals surface area contributed by atoms with E-state index < -0.39 is 15.9 Å². The second-order valence-corrected chi connectivity index (χ2v) is 8.62. The Hall–Kier alpha value is -1.61. The maximum absolute atomic E-state index is 12.6. The van der Waals surface area contributed by atoms with Gasteiger partial charge in [-0.05, 0) is 24.3 Å². The molecule has 1 aromatic carbocycles. The highest BCUT2D eigenvalue weighted by atomic mass is 35.5. The molecule has 0 aliphatic rings. The Kier molecular flexibility index (Phi) is 6.22. The van der Waals surface area contributed by atoms with E-state index in [2.05, 4.69) is 5.32 Å². The molecule has 2 aromatic rings. The third-order valence-electron chi connectivity index (χ3n) is 3.20. The van der Waals surface area contributed by atoms with Crippen molar-refractivity contribution in [3.63, 3.8) is 0 Å². The van der Waals surface area contributed by atoms with Crippen molar-refractivity contribution in [3.8, 4) is 5.75 Å². The number of hydrogen-bond donors (Lipinski definition) is 1. The van der Waals surface area contributed by atoms with Crippen LogP contribution in [0, 0.1) is 0 Å². The highest BCUT2D eigenvalue weighted by molar-refractivity contribution is 7.91. The summed E-state index contributed by atoms with van der Waals surface area (Å²) in [6.45, 7) is 1.53. The maximum Gasteiger partial charge on any atom is 0.253 e. The van der Waals surface area contributed by atoms with Crippen LogP contribution in [-0.2, 0) is 14.8 Å². The summed E-state index contributed by atoms with van der Waals surface area (Å²) in [4.78, 5) is 12.2. The molecule has 1 amide bonds. The summed E-state index contributed by atoms with van der Waals surface area (Å²) in [5.41, 5.74) is 0.484. The van der Waals surface area contributed by atoms with Crippen LogP contribution in [0.4, 0.5) is 5.69 Å². The van der Waals surface area contributed by atoms with Crippen LogP contribution in [0.1, 0.15) is 6.92 Å². The van der Waals surface area contributed by atoms with Gasteiger partial charge in [-0.1, -0.05) is 30.7 Å². The Labute approximate surface area is 150 Å². The standard InChI is InChI=1S/C15H17ClN2O4S2/c1-3-18(24(20,21)15-9-8-13(16)23-15)10-14(19)17-11-6-4-5-7-12(11)22-2/h4-9H,3,10H2,1-2H3,(H,17,19). The second-order valence-electron chi connectivity index (χ2n) is 4.74. The molecule has 2 rings (SSSR count). The number of methoxy groups -OCH3 is 1. The Morgan fingerprint density at radius 1 is 1.29 bits per heavy atom. The average Bonchev–Trinajstić information content (AvgIpc) is 3.00. The van der Waals surface area contributed by atoms with Crippen molar-refractivity contribution in [1.29, 1.82) is 0 Å². The number of carbonyl (C=O) groups is 1. The van der Waals surface area contributed by atoms with Crippen molar-refractivity contribution < 1.29 is 17.9 Å². The number of anilines is 1. The van der Waals surface area contributed by atoms with Gasteiger partial charge in [0, 0.05) is 6.54 Å². The number of nitrogens with zero attached hydrogens (tertiary/aromatic N) is 1. The highest BCUT2D eigenvalue weighted by Crippen LogP contribution is 2.28. The number of benzene rings is 1. The molecule has 0 atom stereocenters. The Morgan fingerprint density at radius 2 is 2.00 bits per heavy atom. The predicted octanol–water partition coefficient (Wildman–Crippen LogP) is 3.06. The van der Waals surface area contributed by atoms with Crippen LogP contribution in [0.5, 0.6) is 5.75 Å². The van der Waals surface area contributed by atoms with Gasteiger partial charge in [0.1, 0.15) is 9.96 Å². The van der Waals surface area contributed by atoms with Crippen molar-refractivity contribution in [2.75, 3.05) is 25.5 Å². The van der Waals surface area contributed by atoms with Gasteiger partial charge in [-0.2, -0.15) is 4.31 Å². The number of amides is 1. The number of halogens is 1. The van der Waals surface area contributed by atoms with Crippen molar-refractivity contribution in [2.45, 2.75) is 11.1 Å². The zero-order chi connectivity index (χ0) is 17.7. The number of nitrogens with one attached hydrogen (secondary N) is 1. The Balaban J connectivity index is 2.14. The van der Waals surface area contributed by atoms with E-state index in [-0.39, 0.29) is 17.3 Å². The second kappa shape index (κ2) is 7.98. The molecule has 24 heavy (non-hydrogen) atoms. The fourth-order valence-electron chi connectivity index (χ4n) is 2.03. The van der Waals surface area contributed by atoms with Crippen molar-refractivity contribution in [2.24, 2.45) is 0 Å². The van der Waals surface area contributed by atoms with Crippen LogP contribution in [0.3, 0.4) is 0 Å². The first-order valence-corrected chi connectivity index (χ1v) is 9.70. The third kappa shape index (κ3) is 4.27. The predicted molar refractivity (Wildman–Crippen MR) is 95.4 cm³/mol. The summed E-state index contributed by atoms with van der Waals surface area (Å²) in [6.07, 6.45) is 0. The van der Waals surface area contributed by atoms with E-state index >= 15 is 0 Å². The number of sulfonamides is 1. The first-order chi connectivity index (χ1) is 11.4. The van der Waals surface area contributed by atoms with Gasteiger partial charge in [-0.15, -0.1) is 11.3 Å². The topological polar surface area (TPSA) is 75.7 Å². The van der Waals surface area contributed by atoms with Crippen molar-refractivity contribution in [3.05, 3.63) is 40.7 Å². The van der Waals surface area contributed by atoms with E-state index in [1.54, 1.807) is 31.2 Å². The average molecular weight is 389 g/mol. The van der Waals surface area contributed by atoms with Gasteiger partial charge in [0.15, 0.2) is 0 Å². The molecule has 0 bridgehead atoms. The normalized spacial score (nSPS) is 11.5. The maximum atomic E-state index is 12.6. The molecule has 9 heteroatoms. The van der Waals surface area contributed by atoms with Gasteiger partial charge in [0.25, 0.3) is 10.0 Å². The summed E-state index contributed by atoms with van der Waals surface area (Å²) in [5.74, 6) is 0.0503. The molecule has 0 unspecified atom stereocenters. The molecule has 1 aromatic heterocycles. The molecule has 1 N–H and O–H groups in total. The number of thiophene rings is 1. The van der Waals surface area contributed by atoms with Crippen LogP contribution in [0.15, 0.2) is 40.6 Å². The fraction of sp³-hybridized carbons (Fsp3) is 0.267. The number of hydrogen-bond acceptors (Lipinski definition) is 5. The Morgan fingerprint density at radius 3 is 2.58 bits per heavy atom. The van der Waals surface area contributed by atoms with Crippen LogP contribution < -0.4 is 10.1 Å². The Bertz CT molecular complexity index is 820. The van der Waals surface area contributed by atoms with Crippen molar-refractivity contribution in [1.82, 2.24) is 4.31 Å². The van der Waals surface area contributed by atoms with Crippen molar-refractivity contribution >= 4 is 44.6 Å². The zero-order valence-electron chi connectivity index (χ0n) is 13.2. The minimum absolute atomic E-state index is 0.111. The molecule has 0 fully saturated rings. The fourth-order valence-corrected chi connectivity index (χ4v) is 5.07. The number of carbonyl (C=O) groups excluding carboxylic acids is 1. The van der Waals surface area contributed by atoms with E-state index in [0.717, 1.165) is 15.6 Å². The lowest BCUT2D eigenvalue weighted by Crippen LogP contribution is -2.37. The minimum Gasteiger partial charge on any atom is -0.495 e. The van der Waals surface area contributed by atoms with Gasteiger partial charge < -0.3 is 10.1 Å². The summed E-state index contributed by atoms with van der Waals surface area (Å²) >= 11 is 6.76. The van der Waals surface area contributed by atoms with Gasteiger partial charge in [0.2, 0.25) is 5.91 Å². The monoisotopic (exact) mass is 388 g/mol. The van der Waals surface area contributed by atoms with E-state index in [4.69, 9.17) is 16.3 Å². The molecule has 0 aliphatic heterocycles. The quantitative estimate of drug-likeness (QED) is 0.790. The SMILES string of the molecule is CCN(CC(=O)Nc1ccccc1OC)S(=O)(=O)c1ccc(Cl)s1. The number of ether oxygens (including phenoxy) is 1. The van der Waals surface area contributed by atoms with E-state index in [0.29, 0.717) is 15.8 Å². The lowest BCUT2D eigenvalue weighted by Gasteiger charge is -2.19. The van der Waals surface area contributed by atoms with Crippen LogP contribution in [0.2, 0.25) is 4.34 Å². The minimum atomic E-state index is -3.76. The number of rotatable bonds is 7. The molecule has 0 saturated heterocycles. The third-order valence-corrected chi connectivity index (χ3v) is 6.82. The van der Waals surface area contributed by atoms with Gasteiger partial charge in [-0.3, -0.25) is 4.79 Å². The number of likely N-dealkylation sites (N-methyl/N-ethyl adjacent to an activating group) is 1. The summed E-state index contributed by atoms with van der Waals surface area (Å²) in [5, 5.41) is 2.66. The number of para-hydroxylation sites is 2. The molecule has 130 valence electrons. The van der Waals surface area contributed by atoms with E-state index in [9.17, 15) is 13.2 Å². The molecule has 0 radical (unpaired) electrons. The van der Waals surface area contributed by atoms with Crippen LogP contribution >= 0.6 is 22.9 Å². The molecular weight excluding hydrogens is 372 g/mol. The molecule has 0 spiro atoms. The van der Waals surface area contributed by atoms with E-state index in [1.807, 2.05) is 0 Å². The summed E-state index contributed by atoms with van der Waals surface area (Å²) in [7, 11) is -2.26. The molecule has 1 heterocycles. The van der Waals surface area contributed by atoms with Crippen LogP contribution in [-0.4, -0.2) is 38.8 Å². The lowest BCUT2D eigenvalue weighted by atomic mass is 10.3. The van der Waals surface area contributed by atoms with Gasteiger partial charge in [-0.25, -0.2) is 8.42 Å².